The van der Waals surface area contributed by atoms with Crippen LogP contribution in [0, 0.1) is 12.3 Å². The van der Waals surface area contributed by atoms with Gasteiger partial charge in [0, 0.05) is 40.4 Å². The highest BCUT2D eigenvalue weighted by atomic mass is 16.5. The van der Waals surface area contributed by atoms with Crippen LogP contribution in [0.3, 0.4) is 0 Å². The van der Waals surface area contributed by atoms with Crippen LogP contribution in [-0.4, -0.2) is 22.4 Å². The number of allylic oxidation sites excluding steroid dienone is 2. The van der Waals surface area contributed by atoms with Gasteiger partial charge in [-0.25, -0.2) is 0 Å². The molecular weight excluding hydrogens is 352 g/mol. The third-order valence-corrected chi connectivity index (χ3v) is 4.68. The lowest BCUT2D eigenvalue weighted by atomic mass is 9.96. The van der Waals surface area contributed by atoms with Gasteiger partial charge in [0.25, 0.3) is 5.56 Å². The van der Waals surface area contributed by atoms with Crippen molar-refractivity contribution in [3.05, 3.63) is 75.5 Å². The predicted molar refractivity (Wildman–Crippen MR) is 113 cm³/mol. The zero-order chi connectivity index (χ0) is 20.4. The molecule has 0 aliphatic rings. The lowest BCUT2D eigenvalue weighted by Crippen LogP contribution is -2.23. The average Bonchev–Trinajstić information content (AvgIpc) is 2.65. The van der Waals surface area contributed by atoms with Crippen LogP contribution in [0.25, 0.3) is 16.5 Å². The molecule has 3 aromatic rings. The largest absolute Gasteiger partial charge is 0.496 e. The van der Waals surface area contributed by atoms with Gasteiger partial charge in [-0.1, -0.05) is 6.07 Å². The second-order valence-corrected chi connectivity index (χ2v) is 6.83. The number of hydrogen-bond donors (Lipinski definition) is 2. The molecule has 6 heteroatoms. The first-order valence-corrected chi connectivity index (χ1v) is 8.97. The van der Waals surface area contributed by atoms with E-state index in [0.717, 1.165) is 22.2 Å². The second-order valence-electron chi connectivity index (χ2n) is 6.83. The molecular formula is C22H24N4O2. The Morgan fingerprint density at radius 2 is 2.00 bits per heavy atom. The van der Waals surface area contributed by atoms with Crippen LogP contribution in [0.2, 0.25) is 0 Å². The summed E-state index contributed by atoms with van der Waals surface area (Å²) >= 11 is 0. The number of aryl methyl sites for hydroxylation is 1. The van der Waals surface area contributed by atoms with E-state index in [-0.39, 0.29) is 5.56 Å². The minimum absolute atomic E-state index is 0.0676. The van der Waals surface area contributed by atoms with Crippen molar-refractivity contribution in [1.29, 1.82) is 5.41 Å². The number of nitrogens with zero attached hydrogens (tertiary/aromatic N) is 2. The predicted octanol–water partition coefficient (Wildman–Crippen LogP) is 3.49. The molecule has 0 saturated heterocycles. The summed E-state index contributed by atoms with van der Waals surface area (Å²) in [5.41, 5.74) is 10.4. The Bertz CT molecular complexity index is 1140. The van der Waals surface area contributed by atoms with Crippen molar-refractivity contribution in [2.75, 3.05) is 7.11 Å². The van der Waals surface area contributed by atoms with Gasteiger partial charge >= 0.3 is 0 Å². The fraction of sp³-hybridized carbons (Fsp3) is 0.227. The summed E-state index contributed by atoms with van der Waals surface area (Å²) in [6, 6.07) is 11.3. The minimum Gasteiger partial charge on any atom is -0.496 e. The van der Waals surface area contributed by atoms with Gasteiger partial charge < -0.3 is 20.4 Å². The molecule has 6 nitrogen and oxygen atoms in total. The number of benzene rings is 1. The van der Waals surface area contributed by atoms with E-state index in [1.807, 2.05) is 36.4 Å². The molecule has 0 aliphatic carbocycles. The first-order chi connectivity index (χ1) is 13.3. The maximum Gasteiger partial charge on any atom is 0.254 e. The van der Waals surface area contributed by atoms with Crippen molar-refractivity contribution in [2.45, 2.75) is 27.3 Å². The van der Waals surface area contributed by atoms with Gasteiger partial charge in [-0.05, 0) is 50.4 Å². The quantitative estimate of drug-likeness (QED) is 0.667. The lowest BCUT2D eigenvalue weighted by Gasteiger charge is -2.17. The van der Waals surface area contributed by atoms with Crippen molar-refractivity contribution in [3.63, 3.8) is 0 Å². The van der Waals surface area contributed by atoms with Crippen LogP contribution in [0.5, 0.6) is 5.75 Å². The van der Waals surface area contributed by atoms with Crippen LogP contribution in [0.15, 0.2) is 53.1 Å². The molecule has 0 saturated carbocycles. The number of methoxy groups -OCH3 is 1. The van der Waals surface area contributed by atoms with Gasteiger partial charge in [-0.3, -0.25) is 9.78 Å². The summed E-state index contributed by atoms with van der Waals surface area (Å²) in [6.07, 6.45) is 1.71. The number of nitrogens with two attached hydrogens (primary N) is 1. The van der Waals surface area contributed by atoms with Gasteiger partial charge in [-0.15, -0.1) is 0 Å². The molecule has 0 unspecified atom stereocenters. The number of aromatic nitrogens is 2. The van der Waals surface area contributed by atoms with Crippen molar-refractivity contribution in [3.8, 4) is 5.75 Å². The molecule has 28 heavy (non-hydrogen) atoms. The van der Waals surface area contributed by atoms with E-state index >= 15 is 0 Å². The van der Waals surface area contributed by atoms with Crippen LogP contribution in [-0.2, 0) is 6.54 Å². The fourth-order valence-corrected chi connectivity index (χ4v) is 3.44. The summed E-state index contributed by atoms with van der Waals surface area (Å²) in [7, 11) is 1.57. The first-order valence-electron chi connectivity index (χ1n) is 8.97. The molecule has 0 spiro atoms. The Kier molecular flexibility index (Phi) is 5.31. The zero-order valence-electron chi connectivity index (χ0n) is 16.5. The number of hydrogen-bond acceptors (Lipinski definition) is 5. The first kappa shape index (κ1) is 19.4. The highest BCUT2D eigenvalue weighted by Gasteiger charge is 2.17. The van der Waals surface area contributed by atoms with Crippen LogP contribution < -0.4 is 16.0 Å². The summed E-state index contributed by atoms with van der Waals surface area (Å²) in [4.78, 5) is 17.2. The Morgan fingerprint density at radius 3 is 2.57 bits per heavy atom. The number of nitrogens with one attached hydrogen (secondary N) is 1. The Hall–Kier alpha value is -3.41. The molecule has 0 aliphatic heterocycles. The highest BCUT2D eigenvalue weighted by Crippen LogP contribution is 2.32. The Morgan fingerprint density at radius 1 is 1.25 bits per heavy atom. The van der Waals surface area contributed by atoms with Gasteiger partial charge in [-0.2, -0.15) is 0 Å². The third-order valence-electron chi connectivity index (χ3n) is 4.68. The normalized spacial score (nSPS) is 12.0. The standard InChI is InChI=1S/C22H24N4O2/c1-13-9-16-10-18(21(14(2)23)15(3)24)20(28-4)11-19(16)26(22(13)27)12-17-7-5-6-8-25-17/h5-11,23H,12,24H2,1-4H3. The molecule has 2 heterocycles. The number of ether oxygens (including phenoxy) is 1. The highest BCUT2D eigenvalue weighted by molar-refractivity contribution is 6.23. The van der Waals surface area contributed by atoms with Crippen LogP contribution in [0.1, 0.15) is 30.7 Å². The van der Waals surface area contributed by atoms with E-state index in [1.54, 1.807) is 38.6 Å². The molecule has 1 aromatic carbocycles. The monoisotopic (exact) mass is 376 g/mol. The topological polar surface area (TPSA) is 94.0 Å². The average molecular weight is 376 g/mol. The van der Waals surface area contributed by atoms with Crippen molar-refractivity contribution in [2.24, 2.45) is 5.73 Å². The summed E-state index contributed by atoms with van der Waals surface area (Å²) < 4.78 is 7.30. The van der Waals surface area contributed by atoms with E-state index in [4.69, 9.17) is 15.9 Å². The zero-order valence-corrected chi connectivity index (χ0v) is 16.5. The van der Waals surface area contributed by atoms with Gasteiger partial charge in [0.05, 0.1) is 24.9 Å². The van der Waals surface area contributed by atoms with Gasteiger partial charge in [0.15, 0.2) is 0 Å². The van der Waals surface area contributed by atoms with E-state index in [2.05, 4.69) is 4.98 Å². The maximum atomic E-state index is 12.9. The van der Waals surface area contributed by atoms with E-state index in [9.17, 15) is 4.79 Å². The fourth-order valence-electron chi connectivity index (χ4n) is 3.44. The van der Waals surface area contributed by atoms with Gasteiger partial charge in [0.2, 0.25) is 0 Å². The molecule has 2 aromatic heterocycles. The Labute approximate surface area is 163 Å². The second kappa shape index (κ2) is 7.68. The Balaban J connectivity index is 2.32. The molecule has 0 fully saturated rings. The SMILES string of the molecule is COc1cc2c(cc1C(C(C)=N)=C(C)N)cc(C)c(=O)n2Cc1ccccn1. The van der Waals surface area contributed by atoms with Crippen LogP contribution in [0.4, 0.5) is 0 Å². The molecule has 0 atom stereocenters. The van der Waals surface area contributed by atoms with E-state index < -0.39 is 0 Å². The molecule has 144 valence electrons. The summed E-state index contributed by atoms with van der Waals surface area (Å²) in [6.45, 7) is 5.63. The van der Waals surface area contributed by atoms with Crippen molar-refractivity contribution in [1.82, 2.24) is 9.55 Å². The maximum absolute atomic E-state index is 12.9. The summed E-state index contributed by atoms with van der Waals surface area (Å²) in [5.74, 6) is 0.567. The molecule has 0 radical (unpaired) electrons. The van der Waals surface area contributed by atoms with Gasteiger partial charge in [0.1, 0.15) is 5.75 Å². The van der Waals surface area contributed by atoms with E-state index in [0.29, 0.717) is 34.8 Å². The summed E-state index contributed by atoms with van der Waals surface area (Å²) in [5, 5.41) is 8.99. The molecule has 0 bridgehead atoms. The third kappa shape index (κ3) is 3.53. The van der Waals surface area contributed by atoms with Crippen molar-refractivity contribution >= 4 is 22.2 Å². The van der Waals surface area contributed by atoms with Crippen LogP contribution >= 0.6 is 0 Å². The smallest absolute Gasteiger partial charge is 0.254 e. The van der Waals surface area contributed by atoms with E-state index in [1.165, 1.54) is 0 Å². The number of pyridine rings is 2. The van der Waals surface area contributed by atoms with Crippen molar-refractivity contribution < 1.29 is 4.74 Å². The minimum atomic E-state index is -0.0676. The molecule has 0 amide bonds. The molecule has 3 N–H and O–H groups in total. The number of rotatable bonds is 5. The molecule has 3 rings (SSSR count). The lowest BCUT2D eigenvalue weighted by molar-refractivity contribution is 0.414. The number of fused-ring (bicyclic) bond motifs is 1.